The van der Waals surface area contributed by atoms with Crippen LogP contribution in [-0.4, -0.2) is 26.2 Å². The number of hydrogen-bond acceptors (Lipinski definition) is 5. The zero-order valence-electron chi connectivity index (χ0n) is 12.2. The SMILES string of the molecule is CCOC(=O)C(CCCCN)c1ccc(NOC)cc1. The third-order valence-corrected chi connectivity index (χ3v) is 3.05. The number of hydrogen-bond donors (Lipinski definition) is 2. The van der Waals surface area contributed by atoms with Gasteiger partial charge in [-0.15, -0.1) is 0 Å². The first kappa shape index (κ1) is 16.5. The number of carbonyl (C=O) groups excluding carboxylic acids is 1. The second kappa shape index (κ2) is 9.34. The van der Waals surface area contributed by atoms with E-state index in [4.69, 9.17) is 15.3 Å². The number of carbonyl (C=O) groups is 1. The molecule has 0 saturated heterocycles. The fourth-order valence-corrected chi connectivity index (χ4v) is 2.06. The predicted molar refractivity (Wildman–Crippen MR) is 79.4 cm³/mol. The number of esters is 1. The Morgan fingerprint density at radius 1 is 1.30 bits per heavy atom. The Morgan fingerprint density at radius 2 is 2.00 bits per heavy atom. The number of ether oxygens (including phenoxy) is 1. The van der Waals surface area contributed by atoms with E-state index < -0.39 is 0 Å². The summed E-state index contributed by atoms with van der Waals surface area (Å²) in [6, 6.07) is 7.61. The van der Waals surface area contributed by atoms with E-state index in [-0.39, 0.29) is 11.9 Å². The molecule has 0 aromatic heterocycles. The minimum atomic E-state index is -0.224. The normalized spacial score (nSPS) is 11.9. The molecule has 0 fully saturated rings. The topological polar surface area (TPSA) is 73.6 Å². The van der Waals surface area contributed by atoms with Gasteiger partial charge in [-0.25, -0.2) is 0 Å². The van der Waals surface area contributed by atoms with Crippen LogP contribution in [-0.2, 0) is 14.4 Å². The lowest BCUT2D eigenvalue weighted by Crippen LogP contribution is -2.16. The van der Waals surface area contributed by atoms with Gasteiger partial charge in [0.2, 0.25) is 0 Å². The maximum Gasteiger partial charge on any atom is 0.313 e. The summed E-state index contributed by atoms with van der Waals surface area (Å²) in [5, 5.41) is 0. The molecule has 0 bridgehead atoms. The number of anilines is 1. The Bertz CT molecular complexity index is 393. The van der Waals surface area contributed by atoms with E-state index in [0.717, 1.165) is 30.5 Å². The summed E-state index contributed by atoms with van der Waals surface area (Å²) >= 11 is 0. The van der Waals surface area contributed by atoms with Crippen molar-refractivity contribution in [3.05, 3.63) is 29.8 Å². The van der Waals surface area contributed by atoms with Crippen LogP contribution in [0.4, 0.5) is 5.69 Å². The fourth-order valence-electron chi connectivity index (χ4n) is 2.06. The summed E-state index contributed by atoms with van der Waals surface area (Å²) < 4.78 is 5.16. The van der Waals surface area contributed by atoms with Crippen LogP contribution in [0.5, 0.6) is 0 Å². The highest BCUT2D eigenvalue weighted by Gasteiger charge is 2.21. The van der Waals surface area contributed by atoms with E-state index in [1.807, 2.05) is 31.2 Å². The molecule has 1 rings (SSSR count). The average Bonchev–Trinajstić information content (AvgIpc) is 2.45. The van der Waals surface area contributed by atoms with Gasteiger partial charge < -0.3 is 10.5 Å². The number of rotatable bonds is 9. The first-order chi connectivity index (χ1) is 9.72. The van der Waals surface area contributed by atoms with Gasteiger partial charge in [0.25, 0.3) is 0 Å². The summed E-state index contributed by atoms with van der Waals surface area (Å²) in [5.74, 6) is -0.393. The molecule has 5 nitrogen and oxygen atoms in total. The summed E-state index contributed by atoms with van der Waals surface area (Å²) in [4.78, 5) is 16.9. The number of nitrogens with one attached hydrogen (secondary N) is 1. The van der Waals surface area contributed by atoms with Crippen molar-refractivity contribution in [1.29, 1.82) is 0 Å². The van der Waals surface area contributed by atoms with Gasteiger partial charge >= 0.3 is 5.97 Å². The first-order valence-electron chi connectivity index (χ1n) is 6.98. The lowest BCUT2D eigenvalue weighted by atomic mass is 9.93. The fraction of sp³-hybridized carbons (Fsp3) is 0.533. The standard InChI is InChI=1S/C15H24N2O3/c1-3-20-15(18)14(6-4-5-11-16)12-7-9-13(10-8-12)17-19-2/h7-10,14,17H,3-6,11,16H2,1-2H3. The highest BCUT2D eigenvalue weighted by molar-refractivity contribution is 5.78. The van der Waals surface area contributed by atoms with E-state index in [1.54, 1.807) is 7.11 Å². The molecule has 0 aliphatic carbocycles. The molecule has 0 amide bonds. The molecule has 0 spiro atoms. The van der Waals surface area contributed by atoms with E-state index >= 15 is 0 Å². The highest BCUT2D eigenvalue weighted by Crippen LogP contribution is 2.25. The van der Waals surface area contributed by atoms with Crippen LogP contribution in [0, 0.1) is 0 Å². The second-order valence-corrected chi connectivity index (χ2v) is 4.52. The van der Waals surface area contributed by atoms with Gasteiger partial charge in [-0.2, -0.15) is 0 Å². The quantitative estimate of drug-likeness (QED) is 0.413. The lowest BCUT2D eigenvalue weighted by Gasteiger charge is -2.16. The van der Waals surface area contributed by atoms with Gasteiger partial charge in [0.15, 0.2) is 0 Å². The summed E-state index contributed by atoms with van der Waals surface area (Å²) in [6.45, 7) is 2.86. The first-order valence-corrected chi connectivity index (χ1v) is 6.98. The molecular weight excluding hydrogens is 256 g/mol. The van der Waals surface area contributed by atoms with E-state index in [2.05, 4.69) is 5.48 Å². The second-order valence-electron chi connectivity index (χ2n) is 4.52. The molecule has 0 saturated carbocycles. The molecule has 5 heteroatoms. The Hall–Kier alpha value is -1.59. The zero-order chi connectivity index (χ0) is 14.8. The van der Waals surface area contributed by atoms with Crippen LogP contribution in [0.3, 0.4) is 0 Å². The summed E-state index contributed by atoms with van der Waals surface area (Å²) in [5.41, 5.74) is 10.1. The molecule has 20 heavy (non-hydrogen) atoms. The number of nitrogens with two attached hydrogens (primary N) is 1. The number of benzene rings is 1. The number of unbranched alkanes of at least 4 members (excludes halogenated alkanes) is 1. The molecule has 0 radical (unpaired) electrons. The van der Waals surface area contributed by atoms with E-state index in [9.17, 15) is 4.79 Å². The molecule has 1 aromatic rings. The van der Waals surface area contributed by atoms with Crippen LogP contribution < -0.4 is 11.2 Å². The van der Waals surface area contributed by atoms with Crippen molar-refractivity contribution in [3.63, 3.8) is 0 Å². The molecule has 1 unspecified atom stereocenters. The van der Waals surface area contributed by atoms with E-state index in [0.29, 0.717) is 13.2 Å². The van der Waals surface area contributed by atoms with Crippen molar-refractivity contribution in [2.45, 2.75) is 32.1 Å². The van der Waals surface area contributed by atoms with Gasteiger partial charge in [-0.05, 0) is 44.0 Å². The van der Waals surface area contributed by atoms with Crippen LogP contribution in [0.1, 0.15) is 37.7 Å². The maximum atomic E-state index is 12.1. The van der Waals surface area contributed by atoms with Crippen LogP contribution in [0.25, 0.3) is 0 Å². The monoisotopic (exact) mass is 280 g/mol. The van der Waals surface area contributed by atoms with Gasteiger partial charge in [0.05, 0.1) is 25.3 Å². The van der Waals surface area contributed by atoms with Crippen molar-refractivity contribution in [2.75, 3.05) is 25.7 Å². The van der Waals surface area contributed by atoms with Crippen molar-refractivity contribution in [3.8, 4) is 0 Å². The summed E-state index contributed by atoms with van der Waals surface area (Å²) in [6.07, 6.45) is 2.59. The smallest absolute Gasteiger partial charge is 0.313 e. The molecule has 0 aliphatic heterocycles. The van der Waals surface area contributed by atoms with Crippen LogP contribution >= 0.6 is 0 Å². The molecule has 1 atom stereocenters. The Labute approximate surface area is 120 Å². The van der Waals surface area contributed by atoms with Crippen molar-refractivity contribution in [2.24, 2.45) is 5.73 Å². The molecule has 1 aromatic carbocycles. The third kappa shape index (κ3) is 5.19. The van der Waals surface area contributed by atoms with Gasteiger partial charge in [-0.3, -0.25) is 15.1 Å². The summed E-state index contributed by atoms with van der Waals surface area (Å²) in [7, 11) is 1.56. The van der Waals surface area contributed by atoms with Crippen molar-refractivity contribution in [1.82, 2.24) is 0 Å². The maximum absolute atomic E-state index is 12.1. The largest absolute Gasteiger partial charge is 0.466 e. The molecule has 3 N–H and O–H groups in total. The molecule has 0 aliphatic rings. The third-order valence-electron chi connectivity index (χ3n) is 3.05. The Kier molecular flexibility index (Phi) is 7.69. The predicted octanol–water partition coefficient (Wildman–Crippen LogP) is 2.44. The molecule has 112 valence electrons. The zero-order valence-corrected chi connectivity index (χ0v) is 12.2. The van der Waals surface area contributed by atoms with Gasteiger partial charge in [0.1, 0.15) is 0 Å². The average molecular weight is 280 g/mol. The minimum absolute atomic E-state index is 0.169. The van der Waals surface area contributed by atoms with Gasteiger partial charge in [0, 0.05) is 0 Å². The van der Waals surface area contributed by atoms with Crippen LogP contribution in [0.2, 0.25) is 0 Å². The van der Waals surface area contributed by atoms with Crippen molar-refractivity contribution < 1.29 is 14.4 Å². The minimum Gasteiger partial charge on any atom is -0.466 e. The molecule has 0 heterocycles. The van der Waals surface area contributed by atoms with Crippen molar-refractivity contribution >= 4 is 11.7 Å². The Balaban J connectivity index is 2.76. The van der Waals surface area contributed by atoms with Gasteiger partial charge in [-0.1, -0.05) is 18.6 Å². The van der Waals surface area contributed by atoms with Crippen LogP contribution in [0.15, 0.2) is 24.3 Å². The highest BCUT2D eigenvalue weighted by atomic mass is 16.6. The van der Waals surface area contributed by atoms with E-state index in [1.165, 1.54) is 0 Å². The lowest BCUT2D eigenvalue weighted by molar-refractivity contribution is -0.145. The Morgan fingerprint density at radius 3 is 2.55 bits per heavy atom. The molecular formula is C15H24N2O3.